The standard InChI is InChI=1S/C21H25BrN2O2S/c1-15-4-6-17(7-5-15)12-24(16(2)21(26)23-3)20(25)14-27-13-18-8-10-19(22)11-9-18/h4-11,16H,12-14H2,1-3H3,(H,23,26). The topological polar surface area (TPSA) is 49.4 Å². The highest BCUT2D eigenvalue weighted by atomic mass is 79.9. The number of aryl methyl sites for hydroxylation is 1. The Hall–Kier alpha value is -1.79. The summed E-state index contributed by atoms with van der Waals surface area (Å²) >= 11 is 4.98. The third-order valence-corrected chi connectivity index (χ3v) is 5.81. The summed E-state index contributed by atoms with van der Waals surface area (Å²) < 4.78 is 1.04. The van der Waals surface area contributed by atoms with Crippen LogP contribution in [0.2, 0.25) is 0 Å². The number of carbonyl (C=O) groups excluding carboxylic acids is 2. The smallest absolute Gasteiger partial charge is 0.242 e. The van der Waals surface area contributed by atoms with E-state index in [1.165, 1.54) is 11.1 Å². The fraction of sp³-hybridized carbons (Fsp3) is 0.333. The highest BCUT2D eigenvalue weighted by molar-refractivity contribution is 9.10. The minimum atomic E-state index is -0.517. The Labute approximate surface area is 173 Å². The molecule has 27 heavy (non-hydrogen) atoms. The number of likely N-dealkylation sites (N-methyl/N-ethyl adjacent to an activating group) is 1. The first-order chi connectivity index (χ1) is 12.9. The molecule has 2 aromatic carbocycles. The molecule has 0 bridgehead atoms. The van der Waals surface area contributed by atoms with Crippen LogP contribution in [-0.4, -0.2) is 35.6 Å². The highest BCUT2D eigenvalue weighted by Gasteiger charge is 2.25. The number of rotatable bonds is 8. The summed E-state index contributed by atoms with van der Waals surface area (Å²) in [6.07, 6.45) is 0. The predicted octanol–water partition coefficient (Wildman–Crippen LogP) is 4.15. The lowest BCUT2D eigenvalue weighted by Gasteiger charge is -2.28. The van der Waals surface area contributed by atoms with Gasteiger partial charge in [0.25, 0.3) is 0 Å². The average molecular weight is 449 g/mol. The Morgan fingerprint density at radius 1 is 1.07 bits per heavy atom. The molecule has 0 radical (unpaired) electrons. The number of nitrogens with zero attached hydrogens (tertiary/aromatic N) is 1. The van der Waals surface area contributed by atoms with Gasteiger partial charge in [-0.3, -0.25) is 9.59 Å². The molecule has 0 aliphatic carbocycles. The summed E-state index contributed by atoms with van der Waals surface area (Å²) in [5, 5.41) is 2.64. The molecule has 0 spiro atoms. The molecule has 0 heterocycles. The van der Waals surface area contributed by atoms with Crippen LogP contribution in [0.1, 0.15) is 23.6 Å². The number of hydrogen-bond donors (Lipinski definition) is 1. The van der Waals surface area contributed by atoms with Crippen molar-refractivity contribution < 1.29 is 9.59 Å². The van der Waals surface area contributed by atoms with Gasteiger partial charge in [-0.25, -0.2) is 0 Å². The van der Waals surface area contributed by atoms with Gasteiger partial charge in [0, 0.05) is 23.8 Å². The second-order valence-electron chi connectivity index (χ2n) is 6.42. The zero-order valence-corrected chi connectivity index (χ0v) is 18.3. The van der Waals surface area contributed by atoms with Crippen molar-refractivity contribution in [3.63, 3.8) is 0 Å². The maximum Gasteiger partial charge on any atom is 0.242 e. The number of nitrogens with one attached hydrogen (secondary N) is 1. The molecule has 0 aromatic heterocycles. The van der Waals surface area contributed by atoms with Crippen LogP contribution in [0.4, 0.5) is 0 Å². The van der Waals surface area contributed by atoms with Crippen molar-refractivity contribution in [3.05, 3.63) is 69.7 Å². The van der Waals surface area contributed by atoms with Crippen LogP contribution in [0.3, 0.4) is 0 Å². The SMILES string of the molecule is CNC(=O)C(C)N(Cc1ccc(C)cc1)C(=O)CSCc1ccc(Br)cc1. The number of carbonyl (C=O) groups is 2. The first kappa shape index (κ1) is 21.5. The Balaban J connectivity index is 2.02. The second kappa shape index (κ2) is 10.5. The molecule has 0 saturated heterocycles. The van der Waals surface area contributed by atoms with Crippen molar-refractivity contribution in [1.29, 1.82) is 0 Å². The van der Waals surface area contributed by atoms with E-state index in [2.05, 4.69) is 21.2 Å². The molecule has 2 rings (SSSR count). The van der Waals surface area contributed by atoms with E-state index < -0.39 is 6.04 Å². The van der Waals surface area contributed by atoms with E-state index in [1.807, 2.05) is 55.5 Å². The third kappa shape index (κ3) is 6.70. The Kier molecular flexibility index (Phi) is 8.38. The molecule has 1 unspecified atom stereocenters. The van der Waals surface area contributed by atoms with Crippen LogP contribution in [0, 0.1) is 6.92 Å². The summed E-state index contributed by atoms with van der Waals surface area (Å²) in [7, 11) is 1.59. The third-order valence-electron chi connectivity index (χ3n) is 4.29. The predicted molar refractivity (Wildman–Crippen MR) is 116 cm³/mol. The van der Waals surface area contributed by atoms with Gasteiger partial charge in [-0.1, -0.05) is 57.9 Å². The van der Waals surface area contributed by atoms with Crippen LogP contribution < -0.4 is 5.32 Å². The minimum Gasteiger partial charge on any atom is -0.357 e. The van der Waals surface area contributed by atoms with Crippen LogP contribution >= 0.6 is 27.7 Å². The molecule has 0 aliphatic rings. The van der Waals surface area contributed by atoms with Gasteiger partial charge in [-0.2, -0.15) is 0 Å². The first-order valence-corrected chi connectivity index (χ1v) is 10.7. The number of amides is 2. The largest absolute Gasteiger partial charge is 0.357 e. The first-order valence-electron chi connectivity index (χ1n) is 8.79. The zero-order valence-electron chi connectivity index (χ0n) is 15.9. The summed E-state index contributed by atoms with van der Waals surface area (Å²) in [4.78, 5) is 26.6. The molecule has 0 aliphatic heterocycles. The number of halogens is 1. The van der Waals surface area contributed by atoms with Crippen molar-refractivity contribution in [2.75, 3.05) is 12.8 Å². The van der Waals surface area contributed by atoms with Gasteiger partial charge in [0.1, 0.15) is 6.04 Å². The van der Waals surface area contributed by atoms with Crippen molar-refractivity contribution in [2.24, 2.45) is 0 Å². The van der Waals surface area contributed by atoms with E-state index in [4.69, 9.17) is 0 Å². The lowest BCUT2D eigenvalue weighted by Crippen LogP contribution is -2.47. The van der Waals surface area contributed by atoms with E-state index in [0.29, 0.717) is 12.3 Å². The van der Waals surface area contributed by atoms with Gasteiger partial charge in [-0.15, -0.1) is 11.8 Å². The molecule has 0 saturated carbocycles. The minimum absolute atomic E-state index is 0.0335. The molecular formula is C21H25BrN2O2S. The maximum atomic E-state index is 12.8. The molecule has 6 heteroatoms. The van der Waals surface area contributed by atoms with Gasteiger partial charge in [0.2, 0.25) is 11.8 Å². The monoisotopic (exact) mass is 448 g/mol. The summed E-state index contributed by atoms with van der Waals surface area (Å²) in [6, 6.07) is 15.6. The van der Waals surface area contributed by atoms with E-state index in [0.717, 1.165) is 15.8 Å². The molecule has 1 N–H and O–H groups in total. The number of thioether (sulfide) groups is 1. The highest BCUT2D eigenvalue weighted by Crippen LogP contribution is 2.18. The quantitative estimate of drug-likeness (QED) is 0.659. The normalized spacial score (nSPS) is 11.7. The Bertz CT molecular complexity index is 763. The van der Waals surface area contributed by atoms with Crippen molar-refractivity contribution in [3.8, 4) is 0 Å². The van der Waals surface area contributed by atoms with Crippen LogP contribution in [-0.2, 0) is 21.9 Å². The Morgan fingerprint density at radius 2 is 1.67 bits per heavy atom. The average Bonchev–Trinajstić information content (AvgIpc) is 2.67. The molecule has 1 atom stereocenters. The summed E-state index contributed by atoms with van der Waals surface area (Å²) in [6.45, 7) is 4.22. The van der Waals surface area contributed by atoms with Gasteiger partial charge >= 0.3 is 0 Å². The van der Waals surface area contributed by atoms with Crippen molar-refractivity contribution in [1.82, 2.24) is 10.2 Å². The van der Waals surface area contributed by atoms with Crippen LogP contribution in [0.25, 0.3) is 0 Å². The molecule has 0 fully saturated rings. The lowest BCUT2D eigenvalue weighted by molar-refractivity contribution is -0.138. The van der Waals surface area contributed by atoms with Gasteiger partial charge in [-0.05, 0) is 37.1 Å². The summed E-state index contributed by atoms with van der Waals surface area (Å²) in [5.41, 5.74) is 3.35. The molecular weight excluding hydrogens is 424 g/mol. The maximum absolute atomic E-state index is 12.8. The van der Waals surface area contributed by atoms with Crippen molar-refractivity contribution >= 4 is 39.5 Å². The fourth-order valence-electron chi connectivity index (χ4n) is 2.60. The van der Waals surface area contributed by atoms with Crippen molar-refractivity contribution in [2.45, 2.75) is 32.2 Å². The zero-order chi connectivity index (χ0) is 19.8. The molecule has 4 nitrogen and oxygen atoms in total. The van der Waals surface area contributed by atoms with E-state index in [9.17, 15) is 9.59 Å². The number of benzene rings is 2. The van der Waals surface area contributed by atoms with E-state index >= 15 is 0 Å². The molecule has 2 amide bonds. The Morgan fingerprint density at radius 3 is 2.26 bits per heavy atom. The van der Waals surface area contributed by atoms with Crippen LogP contribution in [0.15, 0.2) is 53.0 Å². The van der Waals surface area contributed by atoms with Crippen LogP contribution in [0.5, 0.6) is 0 Å². The fourth-order valence-corrected chi connectivity index (χ4v) is 3.74. The lowest BCUT2D eigenvalue weighted by atomic mass is 10.1. The summed E-state index contributed by atoms with van der Waals surface area (Å²) in [5.74, 6) is 0.900. The van der Waals surface area contributed by atoms with Gasteiger partial charge < -0.3 is 10.2 Å². The van der Waals surface area contributed by atoms with E-state index in [-0.39, 0.29) is 11.8 Å². The van der Waals surface area contributed by atoms with Gasteiger partial charge in [0.15, 0.2) is 0 Å². The second-order valence-corrected chi connectivity index (χ2v) is 8.32. The van der Waals surface area contributed by atoms with Gasteiger partial charge in [0.05, 0.1) is 5.75 Å². The molecule has 2 aromatic rings. The number of hydrogen-bond acceptors (Lipinski definition) is 3. The van der Waals surface area contributed by atoms with E-state index in [1.54, 1.807) is 30.6 Å². The molecule has 144 valence electrons.